The van der Waals surface area contributed by atoms with E-state index in [1.807, 2.05) is 0 Å². The van der Waals surface area contributed by atoms with Gasteiger partial charge in [-0.05, 0) is 19.3 Å². The van der Waals surface area contributed by atoms with Crippen molar-refractivity contribution in [1.29, 1.82) is 0 Å². The van der Waals surface area contributed by atoms with Crippen molar-refractivity contribution >= 4 is 0 Å². The highest BCUT2D eigenvalue weighted by Gasteiger charge is 1.85. The molecule has 0 aliphatic rings. The lowest BCUT2D eigenvalue weighted by atomic mass is 10.3. The van der Waals surface area contributed by atoms with E-state index in [4.69, 9.17) is 0 Å². The van der Waals surface area contributed by atoms with E-state index in [2.05, 4.69) is 11.8 Å². The molecule has 0 aliphatic carbocycles. The van der Waals surface area contributed by atoms with Gasteiger partial charge in [0.15, 0.2) is 0 Å². The molecule has 0 aromatic heterocycles. The Morgan fingerprint density at radius 2 is 2.00 bits per heavy atom. The van der Waals surface area contributed by atoms with Gasteiger partial charge in [-0.1, -0.05) is 0 Å². The molecule has 0 aliphatic heterocycles. The van der Waals surface area contributed by atoms with Crippen molar-refractivity contribution < 1.29 is 9.13 Å². The Bertz CT molecular complexity index is 33.5. The Labute approximate surface area is 49.8 Å². The van der Waals surface area contributed by atoms with Crippen LogP contribution in [0.4, 0.5) is 4.39 Å². The summed E-state index contributed by atoms with van der Waals surface area (Å²) in [4.78, 5) is 0. The van der Waals surface area contributed by atoms with Crippen LogP contribution in [0, 0.1) is 7.11 Å². The van der Waals surface area contributed by atoms with Crippen LogP contribution in [-0.2, 0) is 4.74 Å². The lowest BCUT2D eigenvalue weighted by Crippen LogP contribution is -1.86. The standard InChI is InChI=1S/C6H12FO/c1-8-6-4-2-3-5-7/h1-6H2. The molecule has 1 radical (unpaired) electrons. The van der Waals surface area contributed by atoms with Crippen LogP contribution in [0.3, 0.4) is 0 Å². The summed E-state index contributed by atoms with van der Waals surface area (Å²) >= 11 is 0. The Hall–Kier alpha value is -0.110. The number of hydrogen-bond acceptors (Lipinski definition) is 1. The zero-order chi connectivity index (χ0) is 6.24. The first kappa shape index (κ1) is 7.89. The topological polar surface area (TPSA) is 9.23 Å². The SMILES string of the molecule is [CH2]OCCCCCF. The van der Waals surface area contributed by atoms with Crippen molar-refractivity contribution in [3.8, 4) is 0 Å². The fraction of sp³-hybridized carbons (Fsp3) is 0.833. The first-order valence-electron chi connectivity index (χ1n) is 2.84. The third-order valence-electron chi connectivity index (χ3n) is 0.922. The van der Waals surface area contributed by atoms with Crippen LogP contribution in [0.25, 0.3) is 0 Å². The maximum Gasteiger partial charge on any atom is 0.0894 e. The molecule has 0 rings (SSSR count). The highest BCUT2D eigenvalue weighted by molar-refractivity contribution is 4.38. The van der Waals surface area contributed by atoms with E-state index < -0.39 is 0 Å². The average Bonchev–Trinajstić information content (AvgIpc) is 1.81. The monoisotopic (exact) mass is 119 g/mol. The summed E-state index contributed by atoms with van der Waals surface area (Å²) in [6.45, 7) is 0.442. The van der Waals surface area contributed by atoms with Gasteiger partial charge in [-0.25, -0.2) is 0 Å². The van der Waals surface area contributed by atoms with E-state index in [9.17, 15) is 4.39 Å². The molecule has 0 spiro atoms. The van der Waals surface area contributed by atoms with Gasteiger partial charge < -0.3 is 4.74 Å². The molecule has 0 unspecified atom stereocenters. The summed E-state index contributed by atoms with van der Waals surface area (Å²) in [5.41, 5.74) is 0. The lowest BCUT2D eigenvalue weighted by Gasteiger charge is -1.93. The van der Waals surface area contributed by atoms with E-state index in [0.717, 1.165) is 12.8 Å². The zero-order valence-electron chi connectivity index (χ0n) is 5.03. The molecule has 0 atom stereocenters. The van der Waals surface area contributed by atoms with Crippen molar-refractivity contribution in [3.05, 3.63) is 7.11 Å². The third kappa shape index (κ3) is 5.89. The van der Waals surface area contributed by atoms with Crippen LogP contribution in [0.5, 0.6) is 0 Å². The molecule has 8 heavy (non-hydrogen) atoms. The van der Waals surface area contributed by atoms with Crippen LogP contribution < -0.4 is 0 Å². The Balaban J connectivity index is 2.53. The highest BCUT2D eigenvalue weighted by atomic mass is 19.1. The average molecular weight is 119 g/mol. The molecule has 1 nitrogen and oxygen atoms in total. The van der Waals surface area contributed by atoms with Gasteiger partial charge in [-0.2, -0.15) is 0 Å². The fourth-order valence-corrected chi connectivity index (χ4v) is 0.475. The number of hydrogen-bond donors (Lipinski definition) is 0. The summed E-state index contributed by atoms with van der Waals surface area (Å²) in [5, 5.41) is 0. The number of rotatable bonds is 5. The molecule has 0 aromatic carbocycles. The zero-order valence-corrected chi connectivity index (χ0v) is 5.03. The highest BCUT2D eigenvalue weighted by Crippen LogP contribution is 1.94. The van der Waals surface area contributed by atoms with Gasteiger partial charge in [-0.3, -0.25) is 4.39 Å². The van der Waals surface area contributed by atoms with Gasteiger partial charge in [0.1, 0.15) is 0 Å². The molecule has 0 saturated carbocycles. The van der Waals surface area contributed by atoms with Gasteiger partial charge in [0.25, 0.3) is 0 Å². The molecular formula is C6H12FO. The first-order valence-corrected chi connectivity index (χ1v) is 2.84. The number of unbranched alkanes of at least 4 members (excludes halogenated alkanes) is 2. The summed E-state index contributed by atoms with van der Waals surface area (Å²) in [5.74, 6) is 0. The molecule has 0 heterocycles. The largest absolute Gasteiger partial charge is 0.379 e. The van der Waals surface area contributed by atoms with Gasteiger partial charge in [-0.15, -0.1) is 0 Å². The minimum absolute atomic E-state index is 0.211. The summed E-state index contributed by atoms with van der Waals surface area (Å²) < 4.78 is 15.9. The molecule has 2 heteroatoms. The molecule has 0 saturated heterocycles. The first-order chi connectivity index (χ1) is 3.91. The molecule has 0 fully saturated rings. The van der Waals surface area contributed by atoms with Gasteiger partial charge in [0.2, 0.25) is 0 Å². The second kappa shape index (κ2) is 6.89. The normalized spacial score (nSPS) is 9.75. The number of alkyl halides is 1. The van der Waals surface area contributed by atoms with Crippen LogP contribution in [0.2, 0.25) is 0 Å². The summed E-state index contributed by atoms with van der Waals surface area (Å²) in [7, 11) is 3.19. The maximum atomic E-state index is 11.4. The predicted octanol–water partition coefficient (Wildman–Crippen LogP) is 1.93. The third-order valence-corrected chi connectivity index (χ3v) is 0.922. The van der Waals surface area contributed by atoms with E-state index >= 15 is 0 Å². The van der Waals surface area contributed by atoms with Gasteiger partial charge in [0, 0.05) is 6.61 Å². The Morgan fingerprint density at radius 3 is 2.50 bits per heavy atom. The second-order valence-electron chi connectivity index (χ2n) is 1.66. The van der Waals surface area contributed by atoms with Crippen LogP contribution in [0.15, 0.2) is 0 Å². The molecule has 0 amide bonds. The fourth-order valence-electron chi connectivity index (χ4n) is 0.475. The van der Waals surface area contributed by atoms with Crippen molar-refractivity contribution in [3.63, 3.8) is 0 Å². The maximum absolute atomic E-state index is 11.4. The van der Waals surface area contributed by atoms with Crippen LogP contribution in [-0.4, -0.2) is 13.3 Å². The molecule has 0 bridgehead atoms. The second-order valence-corrected chi connectivity index (χ2v) is 1.66. The molecule has 49 valence electrons. The minimum Gasteiger partial charge on any atom is -0.379 e. The lowest BCUT2D eigenvalue weighted by molar-refractivity contribution is 0.232. The van der Waals surface area contributed by atoms with E-state index in [1.165, 1.54) is 0 Å². The van der Waals surface area contributed by atoms with Crippen molar-refractivity contribution in [2.45, 2.75) is 19.3 Å². The number of halogens is 1. The summed E-state index contributed by atoms with van der Waals surface area (Å²) in [6, 6.07) is 0. The van der Waals surface area contributed by atoms with E-state index in [1.54, 1.807) is 0 Å². The predicted molar refractivity (Wildman–Crippen MR) is 31.1 cm³/mol. The van der Waals surface area contributed by atoms with Crippen LogP contribution >= 0.6 is 0 Å². The quantitative estimate of drug-likeness (QED) is 0.502. The van der Waals surface area contributed by atoms with Crippen LogP contribution in [0.1, 0.15) is 19.3 Å². The van der Waals surface area contributed by atoms with Crippen molar-refractivity contribution in [2.24, 2.45) is 0 Å². The Kier molecular flexibility index (Phi) is 6.80. The van der Waals surface area contributed by atoms with E-state index in [0.29, 0.717) is 13.0 Å². The molecule has 0 aromatic rings. The molecular weight excluding hydrogens is 107 g/mol. The van der Waals surface area contributed by atoms with Gasteiger partial charge >= 0.3 is 0 Å². The van der Waals surface area contributed by atoms with E-state index in [-0.39, 0.29) is 6.67 Å². The van der Waals surface area contributed by atoms with Gasteiger partial charge in [0.05, 0.1) is 13.8 Å². The number of ether oxygens (including phenoxy) is 1. The van der Waals surface area contributed by atoms with Crippen molar-refractivity contribution in [1.82, 2.24) is 0 Å². The minimum atomic E-state index is -0.211. The van der Waals surface area contributed by atoms with Crippen molar-refractivity contribution in [2.75, 3.05) is 13.3 Å². The Morgan fingerprint density at radius 1 is 1.25 bits per heavy atom. The summed E-state index contributed by atoms with van der Waals surface area (Å²) in [6.07, 6.45) is 2.49. The smallest absolute Gasteiger partial charge is 0.0894 e. The molecule has 0 N–H and O–H groups in total.